The summed E-state index contributed by atoms with van der Waals surface area (Å²) in [6.07, 6.45) is 0. The maximum atomic E-state index is 13.3. The summed E-state index contributed by atoms with van der Waals surface area (Å²) in [5, 5.41) is 0. The van der Waals surface area contributed by atoms with Crippen LogP contribution < -0.4 is 0 Å². The van der Waals surface area contributed by atoms with Crippen molar-refractivity contribution in [2.24, 2.45) is 0 Å². The Hall–Kier alpha value is -0.650. The largest absolute Gasteiger partial charge is 0.300 e. The molecule has 1 aromatic carbocycles. The number of hydrogen-bond donors (Lipinski definition) is 0. The van der Waals surface area contributed by atoms with E-state index in [1.54, 1.807) is 6.07 Å². The summed E-state index contributed by atoms with van der Waals surface area (Å²) in [6.45, 7) is 6.28. The lowest BCUT2D eigenvalue weighted by Crippen LogP contribution is -2.22. The van der Waals surface area contributed by atoms with Crippen LogP contribution in [0.4, 0.5) is 4.39 Å². The molecule has 0 atom stereocenters. The van der Waals surface area contributed by atoms with E-state index in [4.69, 9.17) is 10.7 Å². The van der Waals surface area contributed by atoms with E-state index in [9.17, 15) is 12.8 Å². The Morgan fingerprint density at radius 2 is 1.88 bits per heavy atom. The zero-order valence-corrected chi connectivity index (χ0v) is 11.4. The molecule has 0 aromatic heterocycles. The van der Waals surface area contributed by atoms with E-state index in [1.807, 2.05) is 13.8 Å². The van der Waals surface area contributed by atoms with Gasteiger partial charge in [0.15, 0.2) is 0 Å². The van der Waals surface area contributed by atoms with Crippen molar-refractivity contribution in [3.63, 3.8) is 0 Å². The third-order valence-corrected chi connectivity index (χ3v) is 3.90. The highest BCUT2D eigenvalue weighted by atomic mass is 35.7. The van der Waals surface area contributed by atoms with Crippen molar-refractivity contribution < 1.29 is 12.8 Å². The Bertz CT molecular complexity index is 486. The Morgan fingerprint density at radius 1 is 1.29 bits per heavy atom. The lowest BCUT2D eigenvalue weighted by Gasteiger charge is -2.18. The molecular weight excluding hydrogens is 265 g/mol. The summed E-state index contributed by atoms with van der Waals surface area (Å²) in [5.74, 6) is -0.816. The molecule has 0 saturated carbocycles. The van der Waals surface area contributed by atoms with Crippen LogP contribution in [0, 0.1) is 5.82 Å². The van der Waals surface area contributed by atoms with Crippen molar-refractivity contribution in [2.75, 3.05) is 13.1 Å². The Kier molecular flexibility index (Phi) is 4.91. The highest BCUT2D eigenvalue weighted by molar-refractivity contribution is 8.13. The van der Waals surface area contributed by atoms with Gasteiger partial charge in [0.05, 0.1) is 0 Å². The van der Waals surface area contributed by atoms with Crippen LogP contribution in [0.15, 0.2) is 23.1 Å². The van der Waals surface area contributed by atoms with Crippen molar-refractivity contribution >= 4 is 19.7 Å². The molecule has 0 aliphatic rings. The minimum Gasteiger partial charge on any atom is -0.300 e. The Labute approximate surface area is 106 Å². The molecule has 0 aliphatic carbocycles. The summed E-state index contributed by atoms with van der Waals surface area (Å²) in [5.41, 5.74) is 0.731. The second-order valence-electron chi connectivity index (χ2n) is 3.66. The van der Waals surface area contributed by atoms with E-state index in [2.05, 4.69) is 4.90 Å². The molecule has 0 saturated heterocycles. The number of hydrogen-bond acceptors (Lipinski definition) is 3. The predicted molar refractivity (Wildman–Crippen MR) is 66.1 cm³/mol. The first-order valence-electron chi connectivity index (χ1n) is 5.34. The first-order valence-corrected chi connectivity index (χ1v) is 7.64. The molecule has 96 valence electrons. The third kappa shape index (κ3) is 3.94. The molecule has 1 aromatic rings. The van der Waals surface area contributed by atoms with Crippen molar-refractivity contribution in [2.45, 2.75) is 25.3 Å². The lowest BCUT2D eigenvalue weighted by atomic mass is 10.2. The summed E-state index contributed by atoms with van der Waals surface area (Å²) in [4.78, 5) is 1.64. The minimum absolute atomic E-state index is 0.455. The fraction of sp³-hybridized carbons (Fsp3) is 0.455. The lowest BCUT2D eigenvalue weighted by molar-refractivity contribution is 0.295. The van der Waals surface area contributed by atoms with E-state index in [0.29, 0.717) is 6.54 Å². The van der Waals surface area contributed by atoms with Gasteiger partial charge in [-0.2, -0.15) is 0 Å². The molecule has 17 heavy (non-hydrogen) atoms. The molecule has 0 bridgehead atoms. The molecule has 0 spiro atoms. The fourth-order valence-electron chi connectivity index (χ4n) is 1.54. The van der Waals surface area contributed by atoms with Crippen LogP contribution in [0.2, 0.25) is 0 Å². The average Bonchev–Trinajstić information content (AvgIpc) is 2.26. The number of nitrogens with zero attached hydrogens (tertiary/aromatic N) is 1. The van der Waals surface area contributed by atoms with Gasteiger partial charge < -0.3 is 0 Å². The van der Waals surface area contributed by atoms with Crippen LogP contribution in [0.25, 0.3) is 0 Å². The second-order valence-corrected chi connectivity index (χ2v) is 6.20. The Morgan fingerprint density at radius 3 is 2.35 bits per heavy atom. The average molecular weight is 280 g/mol. The Balaban J connectivity index is 3.05. The zero-order valence-electron chi connectivity index (χ0n) is 9.78. The number of rotatable bonds is 5. The molecule has 0 heterocycles. The van der Waals surface area contributed by atoms with Crippen molar-refractivity contribution in [1.29, 1.82) is 0 Å². The molecule has 0 amide bonds. The summed E-state index contributed by atoms with van der Waals surface area (Å²) in [7, 11) is 1.13. The van der Waals surface area contributed by atoms with Crippen LogP contribution in [0.1, 0.15) is 19.4 Å². The number of benzene rings is 1. The van der Waals surface area contributed by atoms with Crippen molar-refractivity contribution in [3.05, 3.63) is 29.6 Å². The molecular formula is C11H15ClFNO2S. The second kappa shape index (κ2) is 5.80. The highest BCUT2D eigenvalue weighted by Gasteiger charge is 2.17. The minimum atomic E-state index is -4.03. The van der Waals surface area contributed by atoms with E-state index < -0.39 is 19.8 Å². The first-order chi connectivity index (χ1) is 7.88. The maximum Gasteiger partial charge on any atom is 0.264 e. The van der Waals surface area contributed by atoms with Gasteiger partial charge in [-0.15, -0.1) is 0 Å². The van der Waals surface area contributed by atoms with Crippen LogP contribution in [0.5, 0.6) is 0 Å². The van der Waals surface area contributed by atoms with Crippen LogP contribution in [-0.4, -0.2) is 26.4 Å². The predicted octanol–water partition coefficient (Wildman–Crippen LogP) is 2.60. The molecule has 6 heteroatoms. The molecule has 1 rings (SSSR count). The molecule has 0 radical (unpaired) electrons. The van der Waals surface area contributed by atoms with Crippen molar-refractivity contribution in [1.82, 2.24) is 4.90 Å². The fourth-order valence-corrected chi connectivity index (χ4v) is 2.49. The van der Waals surface area contributed by atoms with Gasteiger partial charge in [-0.05, 0) is 30.8 Å². The van der Waals surface area contributed by atoms with Crippen LogP contribution in [0.3, 0.4) is 0 Å². The van der Waals surface area contributed by atoms with Crippen molar-refractivity contribution in [3.8, 4) is 0 Å². The van der Waals surface area contributed by atoms with Crippen LogP contribution >= 0.6 is 10.7 Å². The maximum absolute atomic E-state index is 13.3. The summed E-state index contributed by atoms with van der Waals surface area (Å²) >= 11 is 0. The quantitative estimate of drug-likeness (QED) is 0.778. The van der Waals surface area contributed by atoms with Gasteiger partial charge in [0.25, 0.3) is 9.05 Å². The van der Waals surface area contributed by atoms with E-state index in [1.165, 1.54) is 6.07 Å². The summed E-state index contributed by atoms with van der Waals surface area (Å²) in [6, 6.07) is 3.99. The smallest absolute Gasteiger partial charge is 0.264 e. The van der Waals surface area contributed by atoms with Gasteiger partial charge in [0.2, 0.25) is 0 Å². The molecule has 3 nitrogen and oxygen atoms in total. The highest BCUT2D eigenvalue weighted by Crippen LogP contribution is 2.21. The van der Waals surface area contributed by atoms with Gasteiger partial charge in [-0.3, -0.25) is 4.90 Å². The monoisotopic (exact) mass is 279 g/mol. The van der Waals surface area contributed by atoms with E-state index in [0.717, 1.165) is 24.7 Å². The standard InChI is InChI=1S/C11H15ClFNO2S/c1-3-14(4-2)8-9-5-6-10(13)11(7-9)17(12,15)16/h5-7H,3-4,8H2,1-2H3. The number of halogens is 2. The van der Waals surface area contributed by atoms with Gasteiger partial charge in [0, 0.05) is 17.2 Å². The van der Waals surface area contributed by atoms with Gasteiger partial charge in [-0.1, -0.05) is 19.9 Å². The normalized spacial score (nSPS) is 12.1. The third-order valence-electron chi connectivity index (χ3n) is 2.56. The van der Waals surface area contributed by atoms with Gasteiger partial charge in [0.1, 0.15) is 10.7 Å². The summed E-state index contributed by atoms with van der Waals surface area (Å²) < 4.78 is 35.6. The molecule has 0 aliphatic heterocycles. The van der Waals surface area contributed by atoms with E-state index in [-0.39, 0.29) is 0 Å². The van der Waals surface area contributed by atoms with Gasteiger partial charge >= 0.3 is 0 Å². The molecule has 0 unspecified atom stereocenters. The zero-order chi connectivity index (χ0) is 13.1. The van der Waals surface area contributed by atoms with Gasteiger partial charge in [-0.25, -0.2) is 12.8 Å². The van der Waals surface area contributed by atoms with Crippen LogP contribution in [-0.2, 0) is 15.6 Å². The topological polar surface area (TPSA) is 37.4 Å². The SMILES string of the molecule is CCN(CC)Cc1ccc(F)c(S(=O)(=O)Cl)c1. The first kappa shape index (κ1) is 14.4. The van der Waals surface area contributed by atoms with E-state index >= 15 is 0 Å². The molecule has 0 fully saturated rings. The molecule has 0 N–H and O–H groups in total.